The van der Waals surface area contributed by atoms with Crippen LogP contribution in [0.2, 0.25) is 0 Å². The lowest BCUT2D eigenvalue weighted by Gasteiger charge is -2.34. The van der Waals surface area contributed by atoms with Crippen molar-refractivity contribution in [2.45, 2.75) is 27.4 Å². The van der Waals surface area contributed by atoms with Gasteiger partial charge in [0.15, 0.2) is 0 Å². The van der Waals surface area contributed by atoms with Gasteiger partial charge in [0.25, 0.3) is 5.91 Å². The molecule has 0 bridgehead atoms. The standard InChI is InChI=1S/C19H28N2O5/c1-4-24-14-16-13-15(7-8-17(16)25-5-2)18(22)20-9-11-21(12-10-20)19(23)26-6-3/h7-8,13H,4-6,9-12,14H2,1-3H3. The van der Waals surface area contributed by atoms with Crippen molar-refractivity contribution in [1.29, 1.82) is 0 Å². The summed E-state index contributed by atoms with van der Waals surface area (Å²) in [6.45, 7) is 9.49. The first-order valence-electron chi connectivity index (χ1n) is 9.15. The number of piperazine rings is 1. The van der Waals surface area contributed by atoms with Gasteiger partial charge in [0.05, 0.1) is 19.8 Å². The molecular formula is C19H28N2O5. The maximum Gasteiger partial charge on any atom is 0.409 e. The average Bonchev–Trinajstić information content (AvgIpc) is 2.67. The van der Waals surface area contributed by atoms with E-state index in [0.29, 0.717) is 58.2 Å². The van der Waals surface area contributed by atoms with Gasteiger partial charge in [-0.2, -0.15) is 0 Å². The second-order valence-electron chi connectivity index (χ2n) is 5.87. The van der Waals surface area contributed by atoms with Gasteiger partial charge in [-0.3, -0.25) is 4.79 Å². The normalized spacial score (nSPS) is 14.3. The SMILES string of the molecule is CCOCc1cc(C(=O)N2CCN(C(=O)OCC)CC2)ccc1OCC. The summed E-state index contributed by atoms with van der Waals surface area (Å²) < 4.78 is 16.1. The minimum Gasteiger partial charge on any atom is -0.494 e. The highest BCUT2D eigenvalue weighted by atomic mass is 16.6. The van der Waals surface area contributed by atoms with Crippen LogP contribution in [0.5, 0.6) is 5.75 Å². The fraction of sp³-hybridized carbons (Fsp3) is 0.579. The molecule has 0 aromatic heterocycles. The van der Waals surface area contributed by atoms with Gasteiger partial charge < -0.3 is 24.0 Å². The van der Waals surface area contributed by atoms with Crippen molar-refractivity contribution in [3.63, 3.8) is 0 Å². The first-order valence-corrected chi connectivity index (χ1v) is 9.15. The molecule has 7 heteroatoms. The molecule has 7 nitrogen and oxygen atoms in total. The average molecular weight is 364 g/mol. The summed E-state index contributed by atoms with van der Waals surface area (Å²) in [6.07, 6.45) is -0.320. The summed E-state index contributed by atoms with van der Waals surface area (Å²) in [5.41, 5.74) is 1.47. The molecule has 2 rings (SSSR count). The van der Waals surface area contributed by atoms with Crippen molar-refractivity contribution in [3.05, 3.63) is 29.3 Å². The smallest absolute Gasteiger partial charge is 0.409 e. The summed E-state index contributed by atoms with van der Waals surface area (Å²) in [4.78, 5) is 28.0. The Morgan fingerprint density at radius 1 is 0.962 bits per heavy atom. The lowest BCUT2D eigenvalue weighted by molar-refractivity contribution is 0.0570. The molecule has 1 aliphatic rings. The van der Waals surface area contributed by atoms with Crippen molar-refractivity contribution in [3.8, 4) is 5.75 Å². The van der Waals surface area contributed by atoms with Gasteiger partial charge in [-0.25, -0.2) is 4.79 Å². The van der Waals surface area contributed by atoms with Gasteiger partial charge in [0, 0.05) is 43.9 Å². The van der Waals surface area contributed by atoms with Gasteiger partial charge in [-0.15, -0.1) is 0 Å². The zero-order valence-electron chi connectivity index (χ0n) is 15.8. The summed E-state index contributed by atoms with van der Waals surface area (Å²) in [7, 11) is 0. The van der Waals surface area contributed by atoms with Gasteiger partial charge in [-0.05, 0) is 39.0 Å². The van der Waals surface area contributed by atoms with E-state index in [1.54, 1.807) is 22.8 Å². The minimum absolute atomic E-state index is 0.0469. The first-order chi connectivity index (χ1) is 12.6. The highest BCUT2D eigenvalue weighted by Crippen LogP contribution is 2.22. The number of hydrogen-bond acceptors (Lipinski definition) is 5. The van der Waals surface area contributed by atoms with Crippen LogP contribution in [0.4, 0.5) is 4.79 Å². The van der Waals surface area contributed by atoms with E-state index in [0.717, 1.165) is 11.3 Å². The molecule has 1 saturated heterocycles. The highest BCUT2D eigenvalue weighted by Gasteiger charge is 2.25. The molecule has 0 aliphatic carbocycles. The summed E-state index contributed by atoms with van der Waals surface area (Å²) >= 11 is 0. The van der Waals surface area contributed by atoms with E-state index < -0.39 is 0 Å². The fourth-order valence-corrected chi connectivity index (χ4v) is 2.82. The Hall–Kier alpha value is -2.28. The zero-order chi connectivity index (χ0) is 18.9. The Kier molecular flexibility index (Phi) is 7.72. The van der Waals surface area contributed by atoms with Crippen molar-refractivity contribution in [2.24, 2.45) is 0 Å². The molecule has 1 aliphatic heterocycles. The largest absolute Gasteiger partial charge is 0.494 e. The van der Waals surface area contributed by atoms with Crippen molar-refractivity contribution >= 4 is 12.0 Å². The molecular weight excluding hydrogens is 336 g/mol. The van der Waals surface area contributed by atoms with Crippen LogP contribution in [0.25, 0.3) is 0 Å². The van der Waals surface area contributed by atoms with Gasteiger partial charge in [0.2, 0.25) is 0 Å². The Labute approximate surface area is 154 Å². The van der Waals surface area contributed by atoms with Crippen LogP contribution in [0.15, 0.2) is 18.2 Å². The van der Waals surface area contributed by atoms with Crippen molar-refractivity contribution < 1.29 is 23.8 Å². The number of nitrogens with zero attached hydrogens (tertiary/aromatic N) is 2. The topological polar surface area (TPSA) is 68.3 Å². The lowest BCUT2D eigenvalue weighted by atomic mass is 10.1. The summed E-state index contributed by atoms with van der Waals surface area (Å²) in [5, 5.41) is 0. The van der Waals surface area contributed by atoms with Crippen LogP contribution in [0.3, 0.4) is 0 Å². The number of ether oxygens (including phenoxy) is 3. The number of carbonyl (C=O) groups excluding carboxylic acids is 2. The van der Waals surface area contributed by atoms with E-state index in [2.05, 4.69) is 0 Å². The Balaban J connectivity index is 2.04. The summed E-state index contributed by atoms with van der Waals surface area (Å²) in [6, 6.07) is 5.43. The van der Waals surface area contributed by atoms with E-state index in [4.69, 9.17) is 14.2 Å². The van der Waals surface area contributed by atoms with E-state index >= 15 is 0 Å². The molecule has 2 amide bonds. The second-order valence-corrected chi connectivity index (χ2v) is 5.87. The molecule has 26 heavy (non-hydrogen) atoms. The Morgan fingerprint density at radius 3 is 2.27 bits per heavy atom. The monoisotopic (exact) mass is 364 g/mol. The minimum atomic E-state index is -0.320. The molecule has 1 fully saturated rings. The number of amides is 2. The van der Waals surface area contributed by atoms with E-state index in [1.165, 1.54) is 0 Å². The second kappa shape index (κ2) is 10.0. The van der Waals surface area contributed by atoms with Crippen LogP contribution >= 0.6 is 0 Å². The summed E-state index contributed by atoms with van der Waals surface area (Å²) in [5.74, 6) is 0.693. The maximum atomic E-state index is 12.8. The molecule has 0 saturated carbocycles. The molecule has 1 heterocycles. The molecule has 144 valence electrons. The third-order valence-electron chi connectivity index (χ3n) is 4.16. The van der Waals surface area contributed by atoms with Crippen LogP contribution in [-0.2, 0) is 16.1 Å². The van der Waals surface area contributed by atoms with Crippen molar-refractivity contribution in [1.82, 2.24) is 9.80 Å². The first kappa shape index (κ1) is 20.0. The van der Waals surface area contributed by atoms with E-state index in [9.17, 15) is 9.59 Å². The molecule has 0 radical (unpaired) electrons. The maximum absolute atomic E-state index is 12.8. The Bertz CT molecular complexity index is 612. The predicted octanol–water partition coefficient (Wildman–Crippen LogP) is 2.54. The number of rotatable bonds is 7. The third kappa shape index (κ3) is 5.11. The number of benzene rings is 1. The molecule has 0 spiro atoms. The van der Waals surface area contributed by atoms with Crippen LogP contribution in [0.1, 0.15) is 36.7 Å². The zero-order valence-corrected chi connectivity index (χ0v) is 15.8. The fourth-order valence-electron chi connectivity index (χ4n) is 2.82. The molecule has 0 N–H and O–H groups in total. The van der Waals surface area contributed by atoms with Gasteiger partial charge in [0.1, 0.15) is 5.75 Å². The van der Waals surface area contributed by atoms with Crippen LogP contribution < -0.4 is 4.74 Å². The van der Waals surface area contributed by atoms with Crippen LogP contribution in [-0.4, -0.2) is 67.8 Å². The number of carbonyl (C=O) groups is 2. The van der Waals surface area contributed by atoms with Gasteiger partial charge >= 0.3 is 6.09 Å². The lowest BCUT2D eigenvalue weighted by Crippen LogP contribution is -2.50. The van der Waals surface area contributed by atoms with E-state index in [-0.39, 0.29) is 12.0 Å². The van der Waals surface area contributed by atoms with Gasteiger partial charge in [-0.1, -0.05) is 0 Å². The third-order valence-corrected chi connectivity index (χ3v) is 4.16. The number of hydrogen-bond donors (Lipinski definition) is 0. The predicted molar refractivity (Wildman–Crippen MR) is 97.4 cm³/mol. The Morgan fingerprint density at radius 2 is 1.65 bits per heavy atom. The highest BCUT2D eigenvalue weighted by molar-refractivity contribution is 5.94. The van der Waals surface area contributed by atoms with Crippen molar-refractivity contribution in [2.75, 3.05) is 46.0 Å². The van der Waals surface area contributed by atoms with Crippen LogP contribution in [0, 0.1) is 0 Å². The molecule has 0 atom stereocenters. The molecule has 1 aromatic carbocycles. The molecule has 0 unspecified atom stereocenters. The quantitative estimate of drug-likeness (QED) is 0.744. The van der Waals surface area contributed by atoms with E-state index in [1.807, 2.05) is 26.0 Å². The molecule has 1 aromatic rings.